The van der Waals surface area contributed by atoms with Crippen LogP contribution in [0.2, 0.25) is 0 Å². The Morgan fingerprint density at radius 3 is 3.00 bits per heavy atom. The third-order valence-electron chi connectivity index (χ3n) is 1.83. The van der Waals surface area contributed by atoms with Gasteiger partial charge in [0.2, 0.25) is 0 Å². The second-order valence-corrected chi connectivity index (χ2v) is 2.96. The van der Waals surface area contributed by atoms with Crippen molar-refractivity contribution in [3.05, 3.63) is 46.5 Å². The van der Waals surface area contributed by atoms with Gasteiger partial charge in [0.25, 0.3) is 0 Å². The first kappa shape index (κ1) is 8.68. The van der Waals surface area contributed by atoms with E-state index in [0.29, 0.717) is 18.0 Å². The monoisotopic (exact) mass is 191 g/mol. The summed E-state index contributed by atoms with van der Waals surface area (Å²) in [5, 5.41) is 3.55. The first-order valence-electron chi connectivity index (χ1n) is 4.19. The zero-order valence-corrected chi connectivity index (χ0v) is 7.67. The molecule has 0 amide bonds. The molecule has 5 heteroatoms. The largest absolute Gasteiger partial charge is 0.359 e. The number of aryl methyl sites for hydroxylation is 1. The van der Waals surface area contributed by atoms with Gasteiger partial charge < -0.3 is 4.52 Å². The van der Waals surface area contributed by atoms with Gasteiger partial charge in [0.05, 0.1) is 12.7 Å². The van der Waals surface area contributed by atoms with E-state index in [-0.39, 0.29) is 5.69 Å². The Bertz CT molecular complexity index is 473. The Labute approximate surface area is 80.0 Å². The average Bonchev–Trinajstić information content (AvgIpc) is 2.62. The van der Waals surface area contributed by atoms with E-state index in [1.54, 1.807) is 31.5 Å². The molecule has 0 spiro atoms. The fraction of sp³-hybridized carbons (Fsp3) is 0.222. The van der Waals surface area contributed by atoms with Gasteiger partial charge in [0.15, 0.2) is 5.76 Å². The van der Waals surface area contributed by atoms with Crippen molar-refractivity contribution in [2.75, 3.05) is 0 Å². The smallest absolute Gasteiger partial charge is 0.348 e. The number of nitrogens with zero attached hydrogens (tertiary/aromatic N) is 3. The van der Waals surface area contributed by atoms with Crippen LogP contribution in [0, 0.1) is 6.92 Å². The van der Waals surface area contributed by atoms with Gasteiger partial charge in [-0.25, -0.2) is 4.79 Å². The van der Waals surface area contributed by atoms with Crippen molar-refractivity contribution in [1.29, 1.82) is 0 Å². The van der Waals surface area contributed by atoms with Gasteiger partial charge in [-0.05, 0) is 13.0 Å². The van der Waals surface area contributed by atoms with Crippen LogP contribution in [0.3, 0.4) is 0 Å². The van der Waals surface area contributed by atoms with Crippen LogP contribution in [0.4, 0.5) is 0 Å². The quantitative estimate of drug-likeness (QED) is 0.696. The van der Waals surface area contributed by atoms with Gasteiger partial charge in [-0.1, -0.05) is 5.16 Å². The molecule has 72 valence electrons. The van der Waals surface area contributed by atoms with Crippen molar-refractivity contribution in [3.63, 3.8) is 0 Å². The van der Waals surface area contributed by atoms with Crippen LogP contribution in [0.5, 0.6) is 0 Å². The molecular formula is C9H9N3O2. The van der Waals surface area contributed by atoms with Crippen molar-refractivity contribution in [1.82, 2.24) is 14.7 Å². The molecule has 0 aliphatic carbocycles. The van der Waals surface area contributed by atoms with E-state index in [9.17, 15) is 4.79 Å². The highest BCUT2D eigenvalue weighted by Gasteiger charge is 2.01. The van der Waals surface area contributed by atoms with Crippen LogP contribution < -0.4 is 5.69 Å². The maximum absolute atomic E-state index is 11.4. The summed E-state index contributed by atoms with van der Waals surface area (Å²) < 4.78 is 6.35. The minimum atomic E-state index is -0.276. The predicted octanol–water partition coefficient (Wildman–Crippen LogP) is 0.588. The molecule has 2 aromatic rings. The molecule has 2 aromatic heterocycles. The summed E-state index contributed by atoms with van der Waals surface area (Å²) in [4.78, 5) is 15.2. The molecule has 0 aromatic carbocycles. The number of rotatable bonds is 2. The molecule has 2 rings (SSSR count). The van der Waals surface area contributed by atoms with E-state index in [4.69, 9.17) is 4.52 Å². The van der Waals surface area contributed by atoms with E-state index < -0.39 is 0 Å². The standard InChI is InChI=1S/C9H9N3O2/c1-7-3-5-12(9(13)11-7)6-8-2-4-10-14-8/h2-5H,6H2,1H3. The van der Waals surface area contributed by atoms with Crippen molar-refractivity contribution in [2.45, 2.75) is 13.5 Å². The second kappa shape index (κ2) is 3.45. The molecule has 14 heavy (non-hydrogen) atoms. The number of hydrogen-bond donors (Lipinski definition) is 0. The van der Waals surface area contributed by atoms with Crippen LogP contribution in [0.15, 0.2) is 33.8 Å². The maximum Gasteiger partial charge on any atom is 0.348 e. The highest BCUT2D eigenvalue weighted by molar-refractivity contribution is 4.99. The second-order valence-electron chi connectivity index (χ2n) is 2.96. The molecule has 0 saturated carbocycles. The van der Waals surface area contributed by atoms with Crippen molar-refractivity contribution in [2.24, 2.45) is 0 Å². The third-order valence-corrected chi connectivity index (χ3v) is 1.83. The highest BCUT2D eigenvalue weighted by Crippen LogP contribution is 1.98. The Hall–Kier alpha value is -1.91. The lowest BCUT2D eigenvalue weighted by atomic mass is 10.4. The van der Waals surface area contributed by atoms with Gasteiger partial charge in [-0.15, -0.1) is 0 Å². The molecule has 2 heterocycles. The van der Waals surface area contributed by atoms with E-state index in [1.807, 2.05) is 0 Å². The third kappa shape index (κ3) is 1.71. The molecule has 0 bridgehead atoms. The van der Waals surface area contributed by atoms with Crippen LogP contribution in [0.1, 0.15) is 11.5 Å². The van der Waals surface area contributed by atoms with Crippen LogP contribution in [-0.4, -0.2) is 14.7 Å². The Morgan fingerprint density at radius 1 is 1.50 bits per heavy atom. The normalized spacial score (nSPS) is 10.4. The van der Waals surface area contributed by atoms with Crippen molar-refractivity contribution < 1.29 is 4.52 Å². The summed E-state index contributed by atoms with van der Waals surface area (Å²) in [5.74, 6) is 0.637. The lowest BCUT2D eigenvalue weighted by Crippen LogP contribution is -2.23. The first-order valence-corrected chi connectivity index (χ1v) is 4.19. The van der Waals surface area contributed by atoms with Gasteiger partial charge in [0, 0.05) is 18.0 Å². The molecule has 0 saturated heterocycles. The summed E-state index contributed by atoms with van der Waals surface area (Å²) in [6.07, 6.45) is 3.23. The Morgan fingerprint density at radius 2 is 2.36 bits per heavy atom. The lowest BCUT2D eigenvalue weighted by Gasteiger charge is -2.00. The summed E-state index contributed by atoms with van der Waals surface area (Å²) in [6.45, 7) is 2.15. The van der Waals surface area contributed by atoms with E-state index in [0.717, 1.165) is 0 Å². The Kier molecular flexibility index (Phi) is 2.14. The molecule has 0 radical (unpaired) electrons. The molecule has 0 aliphatic rings. The zero-order chi connectivity index (χ0) is 9.97. The van der Waals surface area contributed by atoms with E-state index >= 15 is 0 Å². The van der Waals surface area contributed by atoms with E-state index in [2.05, 4.69) is 10.1 Å². The van der Waals surface area contributed by atoms with Crippen LogP contribution in [0.25, 0.3) is 0 Å². The minimum Gasteiger partial charge on any atom is -0.359 e. The summed E-state index contributed by atoms with van der Waals surface area (Å²) in [5.41, 5.74) is 0.435. The van der Waals surface area contributed by atoms with Gasteiger partial charge in [-0.3, -0.25) is 4.57 Å². The van der Waals surface area contributed by atoms with Crippen molar-refractivity contribution in [3.8, 4) is 0 Å². The minimum absolute atomic E-state index is 0.276. The SMILES string of the molecule is Cc1ccn(Cc2ccno2)c(=O)n1. The molecule has 0 fully saturated rings. The molecule has 0 N–H and O–H groups in total. The molecule has 5 nitrogen and oxygen atoms in total. The average molecular weight is 191 g/mol. The number of aromatic nitrogens is 3. The Balaban J connectivity index is 2.30. The molecule has 0 aliphatic heterocycles. The highest BCUT2D eigenvalue weighted by atomic mass is 16.5. The summed E-state index contributed by atoms with van der Waals surface area (Å²) >= 11 is 0. The fourth-order valence-electron chi connectivity index (χ4n) is 1.13. The van der Waals surface area contributed by atoms with Crippen LogP contribution in [-0.2, 0) is 6.54 Å². The van der Waals surface area contributed by atoms with Gasteiger partial charge in [0.1, 0.15) is 0 Å². The van der Waals surface area contributed by atoms with Gasteiger partial charge in [-0.2, -0.15) is 4.98 Å². The van der Waals surface area contributed by atoms with Gasteiger partial charge >= 0.3 is 5.69 Å². The predicted molar refractivity (Wildman–Crippen MR) is 48.8 cm³/mol. The van der Waals surface area contributed by atoms with Crippen molar-refractivity contribution >= 4 is 0 Å². The fourth-order valence-corrected chi connectivity index (χ4v) is 1.13. The van der Waals surface area contributed by atoms with Crippen LogP contribution >= 0.6 is 0 Å². The molecular weight excluding hydrogens is 182 g/mol. The lowest BCUT2D eigenvalue weighted by molar-refractivity contribution is 0.374. The first-order chi connectivity index (χ1) is 6.75. The summed E-state index contributed by atoms with van der Waals surface area (Å²) in [7, 11) is 0. The number of hydrogen-bond acceptors (Lipinski definition) is 4. The van der Waals surface area contributed by atoms with E-state index in [1.165, 1.54) is 4.57 Å². The topological polar surface area (TPSA) is 60.9 Å². The maximum atomic E-state index is 11.4. The molecule has 0 atom stereocenters. The zero-order valence-electron chi connectivity index (χ0n) is 7.67. The molecule has 0 unspecified atom stereocenters. The summed E-state index contributed by atoms with van der Waals surface area (Å²) in [6, 6.07) is 3.49.